The first kappa shape index (κ1) is 13.4. The van der Waals surface area contributed by atoms with Crippen LogP contribution in [0.1, 0.15) is 6.92 Å². The molecule has 0 bridgehead atoms. The monoisotopic (exact) mass is 270 g/mol. The number of halogens is 1. The number of anilines is 1. The normalized spacial score (nSPS) is 10.8. The molecule has 0 heterocycles. The Morgan fingerprint density at radius 3 is 2.53 bits per heavy atom. The first-order valence-electron chi connectivity index (χ1n) is 4.65. The number of nitrogens with two attached hydrogens (primary N) is 1. The van der Waals surface area contributed by atoms with Crippen molar-refractivity contribution in [2.75, 3.05) is 5.32 Å². The molecule has 0 radical (unpaired) electrons. The largest absolute Gasteiger partial charge is 0.350 e. The van der Waals surface area contributed by atoms with Crippen LogP contribution in [0.3, 0.4) is 0 Å². The number of thiocarbonyl (C=S) groups is 1. The average molecular weight is 271 g/mol. The summed E-state index contributed by atoms with van der Waals surface area (Å²) >= 11 is 10.8. The molecule has 5 nitrogen and oxygen atoms in total. The quantitative estimate of drug-likeness (QED) is 0.447. The molecule has 1 aromatic carbocycles. The van der Waals surface area contributed by atoms with Crippen LogP contribution in [-0.4, -0.2) is 16.7 Å². The van der Waals surface area contributed by atoms with Gasteiger partial charge in [-0.15, -0.1) is 0 Å². The standard InChI is InChI=1S/C10H11ClN4OS/c1-6(14-15-10(12)16)9(17)13-8-4-2-7(11)3-5-8/h2-5H,1H3,(H,13,17)(H3,12,15,16). The number of nitrogens with one attached hydrogen (secondary N) is 2. The fraction of sp³-hybridized carbons (Fsp3) is 0.100. The molecule has 1 aromatic rings. The van der Waals surface area contributed by atoms with Crippen molar-refractivity contribution < 1.29 is 4.79 Å². The maximum Gasteiger partial charge on any atom is 0.332 e. The minimum absolute atomic E-state index is 0.390. The summed E-state index contributed by atoms with van der Waals surface area (Å²) in [6, 6.07) is 6.30. The van der Waals surface area contributed by atoms with E-state index in [4.69, 9.17) is 29.6 Å². The van der Waals surface area contributed by atoms with Gasteiger partial charge < -0.3 is 11.1 Å². The molecule has 0 saturated carbocycles. The van der Waals surface area contributed by atoms with Gasteiger partial charge >= 0.3 is 6.03 Å². The van der Waals surface area contributed by atoms with E-state index in [9.17, 15) is 4.79 Å². The number of carbonyl (C=O) groups is 1. The smallest absolute Gasteiger partial charge is 0.332 e. The van der Waals surface area contributed by atoms with Crippen molar-refractivity contribution >= 4 is 46.2 Å². The zero-order valence-corrected chi connectivity index (χ0v) is 10.6. The Morgan fingerprint density at radius 1 is 1.41 bits per heavy atom. The summed E-state index contributed by atoms with van der Waals surface area (Å²) in [5.41, 5.74) is 8.21. The van der Waals surface area contributed by atoms with Crippen LogP contribution in [0.5, 0.6) is 0 Å². The van der Waals surface area contributed by atoms with Crippen LogP contribution in [0.4, 0.5) is 10.5 Å². The molecule has 4 N–H and O–H groups in total. The summed E-state index contributed by atoms with van der Waals surface area (Å²) in [4.78, 5) is 10.8. The minimum atomic E-state index is -0.737. The average Bonchev–Trinajstić information content (AvgIpc) is 2.28. The Balaban J connectivity index is 2.63. The summed E-state index contributed by atoms with van der Waals surface area (Å²) in [7, 11) is 0. The SMILES string of the molecule is CC(=NNC(N)=O)C(=S)Nc1ccc(Cl)cc1. The number of nitrogens with zero attached hydrogens (tertiary/aromatic N) is 1. The topological polar surface area (TPSA) is 79.5 Å². The van der Waals surface area contributed by atoms with Crippen LogP contribution in [0.2, 0.25) is 5.02 Å². The Bertz CT molecular complexity index is 458. The number of benzene rings is 1. The van der Waals surface area contributed by atoms with E-state index in [-0.39, 0.29) is 0 Å². The van der Waals surface area contributed by atoms with E-state index in [1.165, 1.54) is 0 Å². The summed E-state index contributed by atoms with van der Waals surface area (Å²) in [5, 5.41) is 7.28. The summed E-state index contributed by atoms with van der Waals surface area (Å²) in [5.74, 6) is 0. The van der Waals surface area contributed by atoms with Crippen molar-refractivity contribution in [2.45, 2.75) is 6.92 Å². The Kier molecular flexibility index (Phi) is 4.86. The van der Waals surface area contributed by atoms with Crippen molar-refractivity contribution in [2.24, 2.45) is 10.8 Å². The lowest BCUT2D eigenvalue weighted by atomic mass is 10.3. The highest BCUT2D eigenvalue weighted by Gasteiger charge is 2.02. The van der Waals surface area contributed by atoms with E-state index in [0.717, 1.165) is 5.69 Å². The van der Waals surface area contributed by atoms with E-state index in [1.807, 2.05) is 0 Å². The lowest BCUT2D eigenvalue weighted by Crippen LogP contribution is -2.28. The molecule has 0 fully saturated rings. The van der Waals surface area contributed by atoms with Gasteiger partial charge in [-0.3, -0.25) is 0 Å². The molecular formula is C10H11ClN4OS. The van der Waals surface area contributed by atoms with Gasteiger partial charge in [-0.1, -0.05) is 23.8 Å². The van der Waals surface area contributed by atoms with Gasteiger partial charge in [0, 0.05) is 10.7 Å². The number of amides is 2. The van der Waals surface area contributed by atoms with Crippen LogP contribution >= 0.6 is 23.8 Å². The van der Waals surface area contributed by atoms with E-state index < -0.39 is 6.03 Å². The lowest BCUT2D eigenvalue weighted by Gasteiger charge is -2.07. The van der Waals surface area contributed by atoms with Gasteiger partial charge in [0.25, 0.3) is 0 Å². The number of rotatable bonds is 3. The lowest BCUT2D eigenvalue weighted by molar-refractivity contribution is 0.249. The molecule has 0 spiro atoms. The molecule has 17 heavy (non-hydrogen) atoms. The van der Waals surface area contributed by atoms with E-state index in [0.29, 0.717) is 15.7 Å². The molecule has 0 aliphatic rings. The Labute approximate surface area is 109 Å². The van der Waals surface area contributed by atoms with Gasteiger partial charge in [0.15, 0.2) is 0 Å². The molecular weight excluding hydrogens is 260 g/mol. The van der Waals surface area contributed by atoms with Crippen LogP contribution in [-0.2, 0) is 0 Å². The molecule has 0 atom stereocenters. The zero-order valence-electron chi connectivity index (χ0n) is 9.03. The Hall–Kier alpha value is -1.66. The van der Waals surface area contributed by atoms with E-state index >= 15 is 0 Å². The molecule has 7 heteroatoms. The predicted octanol–water partition coefficient (Wildman–Crippen LogP) is 2.12. The van der Waals surface area contributed by atoms with Crippen LogP contribution < -0.4 is 16.5 Å². The maximum atomic E-state index is 10.4. The van der Waals surface area contributed by atoms with Crippen LogP contribution in [0.25, 0.3) is 0 Å². The highest BCUT2D eigenvalue weighted by Crippen LogP contribution is 2.13. The first-order valence-corrected chi connectivity index (χ1v) is 5.44. The third-order valence-electron chi connectivity index (χ3n) is 1.76. The summed E-state index contributed by atoms with van der Waals surface area (Å²) < 4.78 is 0. The second-order valence-electron chi connectivity index (χ2n) is 3.13. The first-order chi connectivity index (χ1) is 7.99. The predicted molar refractivity (Wildman–Crippen MR) is 73.5 cm³/mol. The van der Waals surface area contributed by atoms with Crippen molar-refractivity contribution in [1.82, 2.24) is 5.43 Å². The van der Waals surface area contributed by atoms with Gasteiger partial charge in [0.1, 0.15) is 4.99 Å². The number of hydrogen-bond donors (Lipinski definition) is 3. The van der Waals surface area contributed by atoms with Gasteiger partial charge in [0.2, 0.25) is 0 Å². The van der Waals surface area contributed by atoms with E-state index in [2.05, 4.69) is 15.8 Å². The fourth-order valence-electron chi connectivity index (χ4n) is 0.944. The van der Waals surface area contributed by atoms with Gasteiger partial charge in [0.05, 0.1) is 5.71 Å². The zero-order chi connectivity index (χ0) is 12.8. The van der Waals surface area contributed by atoms with Crippen molar-refractivity contribution in [1.29, 1.82) is 0 Å². The molecule has 0 aromatic heterocycles. The molecule has 2 amide bonds. The number of urea groups is 1. The highest BCUT2D eigenvalue weighted by molar-refractivity contribution is 7.82. The van der Waals surface area contributed by atoms with Gasteiger partial charge in [-0.25, -0.2) is 10.2 Å². The number of hydrazone groups is 1. The maximum absolute atomic E-state index is 10.4. The molecule has 0 unspecified atom stereocenters. The van der Waals surface area contributed by atoms with E-state index in [1.54, 1.807) is 31.2 Å². The fourth-order valence-corrected chi connectivity index (χ4v) is 1.23. The van der Waals surface area contributed by atoms with Crippen LogP contribution in [0, 0.1) is 0 Å². The van der Waals surface area contributed by atoms with Gasteiger partial charge in [-0.05, 0) is 31.2 Å². The van der Waals surface area contributed by atoms with Crippen molar-refractivity contribution in [3.8, 4) is 0 Å². The molecule has 0 saturated heterocycles. The molecule has 0 aliphatic carbocycles. The third kappa shape index (κ3) is 4.80. The molecule has 0 aliphatic heterocycles. The highest BCUT2D eigenvalue weighted by atomic mass is 35.5. The third-order valence-corrected chi connectivity index (χ3v) is 2.41. The van der Waals surface area contributed by atoms with Crippen LogP contribution in [0.15, 0.2) is 29.4 Å². The second kappa shape index (κ2) is 6.17. The number of carbonyl (C=O) groups excluding carboxylic acids is 1. The van der Waals surface area contributed by atoms with Crippen molar-refractivity contribution in [3.63, 3.8) is 0 Å². The number of primary amides is 1. The number of hydrogen-bond acceptors (Lipinski definition) is 3. The molecule has 1 rings (SSSR count). The minimum Gasteiger partial charge on any atom is -0.350 e. The second-order valence-corrected chi connectivity index (χ2v) is 3.98. The van der Waals surface area contributed by atoms with Crippen molar-refractivity contribution in [3.05, 3.63) is 29.3 Å². The molecule has 90 valence electrons. The Morgan fingerprint density at radius 2 is 2.00 bits per heavy atom. The van der Waals surface area contributed by atoms with Gasteiger partial charge in [-0.2, -0.15) is 5.10 Å². The summed E-state index contributed by atoms with van der Waals surface area (Å²) in [6.45, 7) is 1.65. The summed E-state index contributed by atoms with van der Waals surface area (Å²) in [6.07, 6.45) is 0.